The first-order valence-corrected chi connectivity index (χ1v) is 7.49. The predicted molar refractivity (Wildman–Crippen MR) is 81.2 cm³/mol. The van der Waals surface area contributed by atoms with Gasteiger partial charge in [-0.25, -0.2) is 4.39 Å². The van der Waals surface area contributed by atoms with Gasteiger partial charge in [0.15, 0.2) is 0 Å². The van der Waals surface area contributed by atoms with E-state index in [0.29, 0.717) is 17.6 Å². The van der Waals surface area contributed by atoms with Gasteiger partial charge in [0, 0.05) is 5.56 Å². The van der Waals surface area contributed by atoms with Gasteiger partial charge in [-0.15, -0.1) is 0 Å². The standard InChI is InChI=1S/C18H23FO2/c1-18(2)7-5-17(6-8-18)21-13-15-10-14(4-3-9-20)11-16(19)12-15/h10-12,17,20H,5-9,13H2,1-2H3. The molecule has 3 heteroatoms. The highest BCUT2D eigenvalue weighted by atomic mass is 19.1. The lowest BCUT2D eigenvalue weighted by Gasteiger charge is -2.34. The van der Waals surface area contributed by atoms with Crippen molar-refractivity contribution < 1.29 is 14.2 Å². The van der Waals surface area contributed by atoms with Gasteiger partial charge in [-0.3, -0.25) is 0 Å². The third kappa shape index (κ3) is 5.15. The molecule has 0 amide bonds. The molecule has 0 heterocycles. The van der Waals surface area contributed by atoms with E-state index >= 15 is 0 Å². The maximum absolute atomic E-state index is 13.5. The third-order valence-corrected chi connectivity index (χ3v) is 4.04. The summed E-state index contributed by atoms with van der Waals surface area (Å²) < 4.78 is 19.4. The molecule has 1 aliphatic carbocycles. The van der Waals surface area contributed by atoms with Crippen molar-refractivity contribution in [2.75, 3.05) is 6.61 Å². The Morgan fingerprint density at radius 2 is 2.00 bits per heavy atom. The number of hydrogen-bond acceptors (Lipinski definition) is 2. The maximum atomic E-state index is 13.5. The number of ether oxygens (including phenoxy) is 1. The zero-order valence-corrected chi connectivity index (χ0v) is 12.8. The summed E-state index contributed by atoms with van der Waals surface area (Å²) in [5.74, 6) is 4.94. The minimum absolute atomic E-state index is 0.222. The zero-order valence-electron chi connectivity index (χ0n) is 12.8. The predicted octanol–water partition coefficient (Wildman–Crippen LogP) is 3.65. The Hall–Kier alpha value is -1.37. The Bertz CT molecular complexity index is 530. The Labute approximate surface area is 126 Å². The van der Waals surface area contributed by atoms with E-state index in [2.05, 4.69) is 25.7 Å². The molecular weight excluding hydrogens is 267 g/mol. The molecule has 0 aromatic heterocycles. The minimum atomic E-state index is -0.317. The fraction of sp³-hybridized carbons (Fsp3) is 0.556. The SMILES string of the molecule is CC1(C)CCC(OCc2cc(F)cc(C#CCO)c2)CC1. The number of rotatable bonds is 3. The third-order valence-electron chi connectivity index (χ3n) is 4.04. The van der Waals surface area contributed by atoms with Crippen LogP contribution in [0.4, 0.5) is 4.39 Å². The Morgan fingerprint density at radius 3 is 2.67 bits per heavy atom. The van der Waals surface area contributed by atoms with E-state index in [1.54, 1.807) is 0 Å². The van der Waals surface area contributed by atoms with Crippen LogP contribution >= 0.6 is 0 Å². The first kappa shape index (κ1) is 16.0. The quantitative estimate of drug-likeness (QED) is 0.861. The summed E-state index contributed by atoms with van der Waals surface area (Å²) in [4.78, 5) is 0. The van der Waals surface area contributed by atoms with Crippen molar-refractivity contribution >= 4 is 0 Å². The number of hydrogen-bond donors (Lipinski definition) is 1. The summed E-state index contributed by atoms with van der Waals surface area (Å²) in [6.45, 7) is 4.78. The number of aliphatic hydroxyl groups excluding tert-OH is 1. The fourth-order valence-electron chi connectivity index (χ4n) is 2.70. The van der Waals surface area contributed by atoms with E-state index in [0.717, 1.165) is 18.4 Å². The van der Waals surface area contributed by atoms with Gasteiger partial charge < -0.3 is 9.84 Å². The van der Waals surface area contributed by atoms with Crippen LogP contribution in [0.2, 0.25) is 0 Å². The molecule has 114 valence electrons. The highest BCUT2D eigenvalue weighted by molar-refractivity contribution is 5.37. The van der Waals surface area contributed by atoms with Crippen molar-refractivity contribution in [1.29, 1.82) is 0 Å². The Balaban J connectivity index is 1.93. The monoisotopic (exact) mass is 290 g/mol. The minimum Gasteiger partial charge on any atom is -0.384 e. The zero-order chi connectivity index (χ0) is 15.3. The molecule has 1 N–H and O–H groups in total. The smallest absolute Gasteiger partial charge is 0.124 e. The summed E-state index contributed by atoms with van der Waals surface area (Å²) in [5, 5.41) is 8.69. The average molecular weight is 290 g/mol. The Morgan fingerprint density at radius 1 is 1.29 bits per heavy atom. The van der Waals surface area contributed by atoms with E-state index in [-0.39, 0.29) is 18.5 Å². The van der Waals surface area contributed by atoms with Gasteiger partial charge in [-0.05, 0) is 54.9 Å². The molecule has 1 saturated carbocycles. The van der Waals surface area contributed by atoms with Crippen molar-refractivity contribution in [2.45, 2.75) is 52.2 Å². The van der Waals surface area contributed by atoms with Crippen LogP contribution in [-0.4, -0.2) is 17.8 Å². The molecule has 2 nitrogen and oxygen atoms in total. The van der Waals surface area contributed by atoms with Crippen molar-refractivity contribution in [3.05, 3.63) is 35.1 Å². The van der Waals surface area contributed by atoms with Crippen LogP contribution < -0.4 is 0 Å². The van der Waals surface area contributed by atoms with Crippen LogP contribution in [0.3, 0.4) is 0 Å². The van der Waals surface area contributed by atoms with Crippen LogP contribution in [0.15, 0.2) is 18.2 Å². The lowest BCUT2D eigenvalue weighted by Crippen LogP contribution is -2.26. The highest BCUT2D eigenvalue weighted by Gasteiger charge is 2.27. The van der Waals surface area contributed by atoms with Gasteiger partial charge in [-0.2, -0.15) is 0 Å². The van der Waals surface area contributed by atoms with E-state index in [4.69, 9.17) is 9.84 Å². The lowest BCUT2D eigenvalue weighted by molar-refractivity contribution is -0.00567. The second-order valence-electron chi connectivity index (χ2n) is 6.48. The number of benzene rings is 1. The van der Waals surface area contributed by atoms with E-state index in [1.807, 2.05) is 6.07 Å². The molecular formula is C18H23FO2. The summed E-state index contributed by atoms with van der Waals surface area (Å²) in [5.41, 5.74) is 1.79. The number of halogens is 1. The topological polar surface area (TPSA) is 29.5 Å². The number of aliphatic hydroxyl groups is 1. The van der Waals surface area contributed by atoms with Crippen LogP contribution in [0.1, 0.15) is 50.7 Å². The van der Waals surface area contributed by atoms with Crippen molar-refractivity contribution in [2.24, 2.45) is 5.41 Å². The largest absolute Gasteiger partial charge is 0.384 e. The summed E-state index contributed by atoms with van der Waals surface area (Å²) >= 11 is 0. The first-order valence-electron chi connectivity index (χ1n) is 7.49. The average Bonchev–Trinajstić information content (AvgIpc) is 2.43. The Kier molecular flexibility index (Phi) is 5.39. The highest BCUT2D eigenvalue weighted by Crippen LogP contribution is 2.36. The molecule has 1 aromatic rings. The van der Waals surface area contributed by atoms with Gasteiger partial charge in [0.1, 0.15) is 12.4 Å². The molecule has 0 aliphatic heterocycles. The van der Waals surface area contributed by atoms with E-state index in [9.17, 15) is 4.39 Å². The molecule has 0 radical (unpaired) electrons. The van der Waals surface area contributed by atoms with E-state index < -0.39 is 0 Å². The van der Waals surface area contributed by atoms with Gasteiger partial charge in [0.05, 0.1) is 12.7 Å². The van der Waals surface area contributed by atoms with Crippen LogP contribution in [-0.2, 0) is 11.3 Å². The van der Waals surface area contributed by atoms with Gasteiger partial charge >= 0.3 is 0 Å². The van der Waals surface area contributed by atoms with Gasteiger partial charge in [0.25, 0.3) is 0 Å². The first-order chi connectivity index (χ1) is 9.98. The summed E-state index contributed by atoms with van der Waals surface area (Å²) in [6, 6.07) is 4.67. The van der Waals surface area contributed by atoms with E-state index in [1.165, 1.54) is 25.0 Å². The summed E-state index contributed by atoms with van der Waals surface area (Å²) in [7, 11) is 0. The summed E-state index contributed by atoms with van der Waals surface area (Å²) in [6.07, 6.45) is 4.76. The van der Waals surface area contributed by atoms with Crippen LogP contribution in [0, 0.1) is 23.1 Å². The molecule has 1 aliphatic rings. The molecule has 21 heavy (non-hydrogen) atoms. The van der Waals surface area contributed by atoms with Crippen molar-refractivity contribution in [3.8, 4) is 11.8 Å². The molecule has 0 unspecified atom stereocenters. The lowest BCUT2D eigenvalue weighted by atomic mass is 9.76. The molecule has 1 aromatic carbocycles. The van der Waals surface area contributed by atoms with Crippen LogP contribution in [0.5, 0.6) is 0 Å². The van der Waals surface area contributed by atoms with Gasteiger partial charge in [0.2, 0.25) is 0 Å². The molecule has 0 saturated heterocycles. The maximum Gasteiger partial charge on any atom is 0.124 e. The molecule has 2 rings (SSSR count). The van der Waals surface area contributed by atoms with Crippen LogP contribution in [0.25, 0.3) is 0 Å². The van der Waals surface area contributed by atoms with Crippen molar-refractivity contribution in [1.82, 2.24) is 0 Å². The fourth-order valence-corrected chi connectivity index (χ4v) is 2.70. The molecule has 0 bridgehead atoms. The second-order valence-corrected chi connectivity index (χ2v) is 6.48. The second kappa shape index (κ2) is 7.06. The molecule has 0 spiro atoms. The van der Waals surface area contributed by atoms with Gasteiger partial charge in [-0.1, -0.05) is 25.7 Å². The normalized spacial score (nSPS) is 18.1. The molecule has 1 fully saturated rings. The van der Waals surface area contributed by atoms with Crippen molar-refractivity contribution in [3.63, 3.8) is 0 Å². The molecule has 0 atom stereocenters.